The molecule has 0 bridgehead atoms. The molecule has 0 aromatic heterocycles. The van der Waals surface area contributed by atoms with Gasteiger partial charge in [0.15, 0.2) is 0 Å². The molecule has 7 heteroatoms. The molecule has 1 aliphatic carbocycles. The summed E-state index contributed by atoms with van der Waals surface area (Å²) in [4.78, 5) is 40.1. The van der Waals surface area contributed by atoms with Crippen molar-refractivity contribution in [3.05, 3.63) is 35.6 Å². The second kappa shape index (κ2) is 6.62. The average Bonchev–Trinajstić information content (AvgIpc) is 3.44. The van der Waals surface area contributed by atoms with Crippen molar-refractivity contribution in [1.29, 1.82) is 0 Å². The molecule has 2 heterocycles. The van der Waals surface area contributed by atoms with E-state index in [2.05, 4.69) is 0 Å². The summed E-state index contributed by atoms with van der Waals surface area (Å²) in [5.74, 6) is -1.48. The number of benzene rings is 1. The molecule has 1 saturated carbocycles. The van der Waals surface area contributed by atoms with Crippen molar-refractivity contribution < 1.29 is 23.9 Å². The van der Waals surface area contributed by atoms with Crippen LogP contribution < -0.4 is 0 Å². The van der Waals surface area contributed by atoms with Gasteiger partial charge < -0.3 is 14.9 Å². The number of carboxylic acids is 1. The summed E-state index contributed by atoms with van der Waals surface area (Å²) in [6.07, 6.45) is 3.53. The maximum Gasteiger partial charge on any atom is 0.326 e. The second-order valence-corrected chi connectivity index (χ2v) is 8.10. The summed E-state index contributed by atoms with van der Waals surface area (Å²) in [7, 11) is 0. The zero-order chi connectivity index (χ0) is 19.2. The first-order valence-electron chi connectivity index (χ1n) is 9.47. The number of aliphatic carboxylic acids is 1. The van der Waals surface area contributed by atoms with Gasteiger partial charge in [0.1, 0.15) is 11.9 Å². The van der Waals surface area contributed by atoms with Gasteiger partial charge in [0, 0.05) is 31.1 Å². The Bertz CT molecular complexity index is 767. The fourth-order valence-corrected chi connectivity index (χ4v) is 4.39. The number of rotatable bonds is 3. The molecule has 3 aliphatic rings. The molecular formula is C20H23FN2O4. The van der Waals surface area contributed by atoms with E-state index in [1.807, 2.05) is 0 Å². The summed E-state index contributed by atoms with van der Waals surface area (Å²) in [5, 5.41) is 9.57. The predicted octanol–water partition coefficient (Wildman–Crippen LogP) is 2.14. The van der Waals surface area contributed by atoms with Gasteiger partial charge in [0.2, 0.25) is 5.91 Å². The Morgan fingerprint density at radius 2 is 1.70 bits per heavy atom. The van der Waals surface area contributed by atoms with Gasteiger partial charge in [-0.05, 0) is 61.8 Å². The lowest BCUT2D eigenvalue weighted by molar-refractivity contribution is -0.148. The minimum Gasteiger partial charge on any atom is -0.480 e. The smallest absolute Gasteiger partial charge is 0.326 e. The highest BCUT2D eigenvalue weighted by atomic mass is 19.1. The first-order chi connectivity index (χ1) is 12.9. The molecule has 27 heavy (non-hydrogen) atoms. The summed E-state index contributed by atoms with van der Waals surface area (Å²) in [6.45, 7) is 1.51. The molecule has 1 aromatic rings. The number of nitrogens with zero attached hydrogens (tertiary/aromatic N) is 2. The number of hydrogen-bond acceptors (Lipinski definition) is 3. The van der Waals surface area contributed by atoms with Crippen LogP contribution in [0, 0.1) is 17.2 Å². The van der Waals surface area contributed by atoms with Crippen molar-refractivity contribution in [2.24, 2.45) is 11.3 Å². The van der Waals surface area contributed by atoms with Crippen LogP contribution in [0.4, 0.5) is 4.39 Å². The van der Waals surface area contributed by atoms with Crippen LogP contribution in [-0.4, -0.2) is 58.4 Å². The lowest BCUT2D eigenvalue weighted by Crippen LogP contribution is -2.45. The molecule has 1 aromatic carbocycles. The molecular weight excluding hydrogens is 351 g/mol. The molecule has 1 atom stereocenters. The van der Waals surface area contributed by atoms with Crippen LogP contribution in [0.2, 0.25) is 0 Å². The highest BCUT2D eigenvalue weighted by Gasteiger charge is 2.52. The lowest BCUT2D eigenvalue weighted by atomic mass is 9.76. The van der Waals surface area contributed by atoms with Crippen molar-refractivity contribution in [2.75, 3.05) is 19.6 Å². The number of hydrogen-bond donors (Lipinski definition) is 1. The van der Waals surface area contributed by atoms with Crippen LogP contribution in [0.1, 0.15) is 42.5 Å². The number of carbonyl (C=O) groups excluding carboxylic acids is 2. The molecule has 4 rings (SSSR count). The number of amides is 2. The van der Waals surface area contributed by atoms with Gasteiger partial charge in [-0.2, -0.15) is 0 Å². The van der Waals surface area contributed by atoms with Gasteiger partial charge in [-0.3, -0.25) is 9.59 Å². The van der Waals surface area contributed by atoms with E-state index in [1.54, 1.807) is 9.80 Å². The number of piperidine rings is 1. The van der Waals surface area contributed by atoms with Crippen molar-refractivity contribution in [1.82, 2.24) is 9.80 Å². The van der Waals surface area contributed by atoms with Crippen LogP contribution >= 0.6 is 0 Å². The Morgan fingerprint density at radius 3 is 2.26 bits per heavy atom. The normalized spacial score (nSPS) is 24.3. The van der Waals surface area contributed by atoms with Crippen LogP contribution in [0.5, 0.6) is 0 Å². The number of carbonyl (C=O) groups is 3. The largest absolute Gasteiger partial charge is 0.480 e. The van der Waals surface area contributed by atoms with Gasteiger partial charge >= 0.3 is 5.97 Å². The van der Waals surface area contributed by atoms with Gasteiger partial charge in [0.05, 0.1) is 0 Å². The van der Waals surface area contributed by atoms with Crippen LogP contribution in [-0.2, 0) is 9.59 Å². The molecule has 144 valence electrons. The van der Waals surface area contributed by atoms with E-state index in [9.17, 15) is 23.9 Å². The quantitative estimate of drug-likeness (QED) is 0.879. The SMILES string of the molecule is O=C(O)[C@@H]1CC2(CCN(C(=O)c3ccc(F)cc3)CC2)CN1C(=O)C1CC1. The zero-order valence-corrected chi connectivity index (χ0v) is 15.1. The topological polar surface area (TPSA) is 77.9 Å². The predicted molar refractivity (Wildman–Crippen MR) is 94.4 cm³/mol. The first kappa shape index (κ1) is 17.9. The monoisotopic (exact) mass is 374 g/mol. The first-order valence-corrected chi connectivity index (χ1v) is 9.47. The van der Waals surface area contributed by atoms with Gasteiger partial charge in [-0.1, -0.05) is 0 Å². The van der Waals surface area contributed by atoms with E-state index < -0.39 is 12.0 Å². The van der Waals surface area contributed by atoms with E-state index in [0.29, 0.717) is 44.5 Å². The minimum atomic E-state index is -0.939. The highest BCUT2D eigenvalue weighted by Crippen LogP contribution is 2.45. The van der Waals surface area contributed by atoms with E-state index in [-0.39, 0.29) is 29.0 Å². The molecule has 2 saturated heterocycles. The Balaban J connectivity index is 1.43. The maximum atomic E-state index is 13.1. The minimum absolute atomic E-state index is 0.00198. The van der Waals surface area contributed by atoms with Crippen LogP contribution in [0.15, 0.2) is 24.3 Å². The fraction of sp³-hybridized carbons (Fsp3) is 0.550. The molecule has 0 radical (unpaired) electrons. The third kappa shape index (κ3) is 3.42. The summed E-state index contributed by atoms with van der Waals surface area (Å²) in [5.41, 5.74) is 0.223. The zero-order valence-electron chi connectivity index (χ0n) is 15.1. The third-order valence-electron chi connectivity index (χ3n) is 6.21. The van der Waals surface area contributed by atoms with Crippen molar-refractivity contribution >= 4 is 17.8 Å². The molecule has 0 unspecified atom stereocenters. The lowest BCUT2D eigenvalue weighted by Gasteiger charge is -2.39. The molecule has 2 aliphatic heterocycles. The Labute approximate surface area is 156 Å². The van der Waals surface area contributed by atoms with Gasteiger partial charge in [0.25, 0.3) is 5.91 Å². The maximum absolute atomic E-state index is 13.1. The fourth-order valence-electron chi connectivity index (χ4n) is 4.39. The Morgan fingerprint density at radius 1 is 1.07 bits per heavy atom. The van der Waals surface area contributed by atoms with Crippen LogP contribution in [0.3, 0.4) is 0 Å². The van der Waals surface area contributed by atoms with Crippen molar-refractivity contribution in [2.45, 2.75) is 38.1 Å². The van der Waals surface area contributed by atoms with Gasteiger partial charge in [-0.15, -0.1) is 0 Å². The Hall–Kier alpha value is -2.44. The molecule has 1 spiro atoms. The average molecular weight is 374 g/mol. The molecule has 6 nitrogen and oxygen atoms in total. The third-order valence-corrected chi connectivity index (χ3v) is 6.21. The standard InChI is InChI=1S/C20H23FN2O4/c21-15-5-3-13(4-6-15)17(24)22-9-7-20(8-10-22)11-16(19(26)27)23(12-20)18(25)14-1-2-14/h3-6,14,16H,1-2,7-12H2,(H,26,27)/t16-/m0/s1. The van der Waals surface area contributed by atoms with Gasteiger partial charge in [-0.25, -0.2) is 9.18 Å². The second-order valence-electron chi connectivity index (χ2n) is 8.10. The summed E-state index contributed by atoms with van der Waals surface area (Å²) >= 11 is 0. The number of carboxylic acid groups (broad SMARTS) is 1. The number of likely N-dealkylation sites (tertiary alicyclic amines) is 2. The molecule has 1 N–H and O–H groups in total. The number of halogens is 1. The van der Waals surface area contributed by atoms with Crippen molar-refractivity contribution in [3.63, 3.8) is 0 Å². The van der Waals surface area contributed by atoms with E-state index >= 15 is 0 Å². The van der Waals surface area contributed by atoms with Crippen molar-refractivity contribution in [3.8, 4) is 0 Å². The highest BCUT2D eigenvalue weighted by molar-refractivity contribution is 5.94. The molecule has 3 fully saturated rings. The van der Waals surface area contributed by atoms with Crippen LogP contribution in [0.25, 0.3) is 0 Å². The summed E-state index contributed by atoms with van der Waals surface area (Å²) in [6, 6.07) is 4.75. The van der Waals surface area contributed by atoms with E-state index in [1.165, 1.54) is 24.3 Å². The molecule has 2 amide bonds. The van der Waals surface area contributed by atoms with E-state index in [0.717, 1.165) is 12.8 Å². The Kier molecular flexibility index (Phi) is 4.40. The summed E-state index contributed by atoms with van der Waals surface area (Å²) < 4.78 is 13.1. The van der Waals surface area contributed by atoms with E-state index in [4.69, 9.17) is 0 Å².